The van der Waals surface area contributed by atoms with Crippen LogP contribution in [0.4, 0.5) is 0 Å². The molecule has 1 aliphatic heterocycles. The van der Waals surface area contributed by atoms with E-state index in [1.54, 1.807) is 4.90 Å². The summed E-state index contributed by atoms with van der Waals surface area (Å²) in [5.41, 5.74) is 3.78. The third-order valence-electron chi connectivity index (χ3n) is 4.66. The first-order chi connectivity index (χ1) is 11.3. The largest absolute Gasteiger partial charge is 0.394 e. The van der Waals surface area contributed by atoms with Crippen molar-refractivity contribution in [1.29, 1.82) is 0 Å². The topological polar surface area (TPSA) is 56.3 Å². The molecule has 1 aromatic heterocycles. The first-order valence-electron chi connectivity index (χ1n) is 7.85. The number of hydrogen-bond donors (Lipinski definition) is 2. The van der Waals surface area contributed by atoms with Crippen molar-refractivity contribution in [1.82, 2.24) is 9.88 Å². The van der Waals surface area contributed by atoms with E-state index in [9.17, 15) is 9.90 Å². The molecule has 0 unspecified atom stereocenters. The minimum absolute atomic E-state index is 0.0356. The number of aromatic amines is 1. The smallest absolute Gasteiger partial charge is 0.256 e. The van der Waals surface area contributed by atoms with Gasteiger partial charge in [-0.05, 0) is 29.7 Å². The molecule has 2 aromatic carbocycles. The number of nitrogens with one attached hydrogen (secondary N) is 1. The van der Waals surface area contributed by atoms with Crippen LogP contribution in [0, 0.1) is 0 Å². The molecule has 1 aliphatic rings. The fourth-order valence-electron chi connectivity index (χ4n) is 3.51. The van der Waals surface area contributed by atoms with Gasteiger partial charge in [0.05, 0.1) is 23.7 Å². The van der Waals surface area contributed by atoms with Crippen LogP contribution in [0.1, 0.15) is 27.5 Å². The normalized spacial score (nSPS) is 17.3. The third kappa shape index (κ3) is 2.23. The predicted molar refractivity (Wildman–Crippen MR) is 89.3 cm³/mol. The summed E-state index contributed by atoms with van der Waals surface area (Å²) in [6.45, 7) is 0.557. The molecule has 0 spiro atoms. The fraction of sp³-hybridized carbons (Fsp3) is 0.211. The van der Waals surface area contributed by atoms with Crippen LogP contribution in [-0.4, -0.2) is 34.0 Å². The van der Waals surface area contributed by atoms with E-state index in [-0.39, 0.29) is 18.6 Å². The standard InChI is InChI=1S/C19H18N2O2/c22-12-17-15-6-2-1-4-13(15)9-11-21(17)19(23)16-7-3-5-14-8-10-20-18(14)16/h1-8,10,17,20,22H,9,11-12H2/t17-/m1/s1. The number of hydrogen-bond acceptors (Lipinski definition) is 2. The molecule has 116 valence electrons. The van der Waals surface area contributed by atoms with Gasteiger partial charge < -0.3 is 15.0 Å². The number of carbonyl (C=O) groups excluding carboxylic acids is 1. The molecule has 0 fully saturated rings. The number of amides is 1. The number of rotatable bonds is 2. The first-order valence-corrected chi connectivity index (χ1v) is 7.85. The van der Waals surface area contributed by atoms with Gasteiger partial charge in [-0.3, -0.25) is 4.79 Å². The Morgan fingerprint density at radius 2 is 2.04 bits per heavy atom. The zero-order valence-electron chi connectivity index (χ0n) is 12.7. The van der Waals surface area contributed by atoms with E-state index in [1.165, 1.54) is 5.56 Å². The van der Waals surface area contributed by atoms with Crippen LogP contribution >= 0.6 is 0 Å². The van der Waals surface area contributed by atoms with E-state index in [2.05, 4.69) is 11.1 Å². The Bertz CT molecular complexity index is 868. The van der Waals surface area contributed by atoms with Crippen LogP contribution in [0.25, 0.3) is 10.9 Å². The molecule has 1 atom stereocenters. The van der Waals surface area contributed by atoms with Crippen molar-refractivity contribution >= 4 is 16.8 Å². The van der Waals surface area contributed by atoms with Crippen LogP contribution in [-0.2, 0) is 6.42 Å². The Morgan fingerprint density at radius 3 is 2.91 bits per heavy atom. The summed E-state index contributed by atoms with van der Waals surface area (Å²) in [7, 11) is 0. The summed E-state index contributed by atoms with van der Waals surface area (Å²) in [5, 5.41) is 10.9. The molecule has 4 nitrogen and oxygen atoms in total. The molecular formula is C19H18N2O2. The average Bonchev–Trinajstić information content (AvgIpc) is 3.08. The highest BCUT2D eigenvalue weighted by atomic mass is 16.3. The van der Waals surface area contributed by atoms with Gasteiger partial charge >= 0.3 is 0 Å². The van der Waals surface area contributed by atoms with Crippen molar-refractivity contribution in [3.8, 4) is 0 Å². The second-order valence-corrected chi connectivity index (χ2v) is 5.89. The molecule has 0 saturated heterocycles. The second-order valence-electron chi connectivity index (χ2n) is 5.89. The van der Waals surface area contributed by atoms with E-state index in [4.69, 9.17) is 0 Å². The summed E-state index contributed by atoms with van der Waals surface area (Å²) in [6.07, 6.45) is 2.66. The number of aliphatic hydroxyl groups excluding tert-OH is 1. The highest BCUT2D eigenvalue weighted by molar-refractivity contribution is 6.05. The van der Waals surface area contributed by atoms with Crippen LogP contribution in [0.2, 0.25) is 0 Å². The number of fused-ring (bicyclic) bond motifs is 2. The van der Waals surface area contributed by atoms with Crippen molar-refractivity contribution in [2.75, 3.05) is 13.2 Å². The number of nitrogens with zero attached hydrogens (tertiary/aromatic N) is 1. The van der Waals surface area contributed by atoms with E-state index < -0.39 is 0 Å². The van der Waals surface area contributed by atoms with Crippen LogP contribution in [0.5, 0.6) is 0 Å². The molecule has 23 heavy (non-hydrogen) atoms. The van der Waals surface area contributed by atoms with Gasteiger partial charge in [0.25, 0.3) is 5.91 Å². The second kappa shape index (κ2) is 5.56. The quantitative estimate of drug-likeness (QED) is 0.765. The summed E-state index contributed by atoms with van der Waals surface area (Å²) >= 11 is 0. The third-order valence-corrected chi connectivity index (χ3v) is 4.66. The predicted octanol–water partition coefficient (Wildman–Crippen LogP) is 2.90. The highest BCUT2D eigenvalue weighted by Crippen LogP contribution is 2.31. The number of H-pyrrole nitrogens is 1. The number of benzene rings is 2. The zero-order chi connectivity index (χ0) is 15.8. The van der Waals surface area contributed by atoms with E-state index in [0.717, 1.165) is 22.9 Å². The lowest BCUT2D eigenvalue weighted by Gasteiger charge is -2.36. The lowest BCUT2D eigenvalue weighted by molar-refractivity contribution is 0.0570. The lowest BCUT2D eigenvalue weighted by atomic mass is 9.92. The summed E-state index contributed by atoms with van der Waals surface area (Å²) in [4.78, 5) is 18.0. The number of para-hydroxylation sites is 1. The highest BCUT2D eigenvalue weighted by Gasteiger charge is 2.31. The zero-order valence-corrected chi connectivity index (χ0v) is 12.7. The first kappa shape index (κ1) is 14.0. The maximum atomic E-state index is 13.1. The molecule has 1 amide bonds. The van der Waals surface area contributed by atoms with E-state index in [0.29, 0.717) is 12.1 Å². The number of aromatic nitrogens is 1. The summed E-state index contributed by atoms with van der Waals surface area (Å²) in [5.74, 6) is -0.0356. The van der Waals surface area contributed by atoms with E-state index in [1.807, 2.05) is 48.7 Å². The fourth-order valence-corrected chi connectivity index (χ4v) is 3.51. The SMILES string of the molecule is O=C(c1cccc2cc[nH]c12)N1CCc2ccccc2[C@H]1CO. The Balaban J connectivity index is 1.75. The Morgan fingerprint density at radius 1 is 1.17 bits per heavy atom. The van der Waals surface area contributed by atoms with Crippen molar-refractivity contribution in [2.24, 2.45) is 0 Å². The summed E-state index contributed by atoms with van der Waals surface area (Å²) in [6, 6.07) is 15.4. The Hall–Kier alpha value is -2.59. The molecule has 4 rings (SSSR count). The maximum Gasteiger partial charge on any atom is 0.256 e. The molecule has 2 heterocycles. The van der Waals surface area contributed by atoms with Gasteiger partial charge in [0.1, 0.15) is 0 Å². The van der Waals surface area contributed by atoms with Crippen molar-refractivity contribution in [3.05, 3.63) is 71.4 Å². The van der Waals surface area contributed by atoms with Crippen molar-refractivity contribution in [3.63, 3.8) is 0 Å². The Labute approximate surface area is 134 Å². The lowest BCUT2D eigenvalue weighted by Crippen LogP contribution is -2.41. The molecule has 3 aromatic rings. The van der Waals surface area contributed by atoms with Gasteiger partial charge in [0, 0.05) is 18.1 Å². The van der Waals surface area contributed by atoms with Gasteiger partial charge in [-0.15, -0.1) is 0 Å². The van der Waals surface area contributed by atoms with Crippen LogP contribution < -0.4 is 0 Å². The monoisotopic (exact) mass is 306 g/mol. The van der Waals surface area contributed by atoms with Gasteiger partial charge in [-0.2, -0.15) is 0 Å². The minimum Gasteiger partial charge on any atom is -0.394 e. The molecule has 0 radical (unpaired) electrons. The molecule has 0 saturated carbocycles. The van der Waals surface area contributed by atoms with E-state index >= 15 is 0 Å². The van der Waals surface area contributed by atoms with Crippen molar-refractivity contribution < 1.29 is 9.90 Å². The molecule has 0 bridgehead atoms. The van der Waals surface area contributed by atoms with Crippen molar-refractivity contribution in [2.45, 2.75) is 12.5 Å². The Kier molecular flexibility index (Phi) is 3.39. The molecule has 0 aliphatic carbocycles. The minimum atomic E-state index is -0.280. The van der Waals surface area contributed by atoms with Gasteiger partial charge in [-0.1, -0.05) is 36.4 Å². The van der Waals surface area contributed by atoms with Gasteiger partial charge in [0.2, 0.25) is 0 Å². The van der Waals surface area contributed by atoms with Gasteiger partial charge in [0.15, 0.2) is 0 Å². The molecule has 4 heteroatoms. The summed E-state index contributed by atoms with van der Waals surface area (Å²) < 4.78 is 0. The van der Waals surface area contributed by atoms with Crippen LogP contribution in [0.15, 0.2) is 54.7 Å². The molecular weight excluding hydrogens is 288 g/mol. The maximum absolute atomic E-state index is 13.1. The number of carbonyl (C=O) groups is 1. The van der Waals surface area contributed by atoms with Crippen LogP contribution in [0.3, 0.4) is 0 Å². The molecule has 2 N–H and O–H groups in total. The van der Waals surface area contributed by atoms with Gasteiger partial charge in [-0.25, -0.2) is 0 Å². The number of aliphatic hydroxyl groups is 1. The average molecular weight is 306 g/mol.